The maximum Gasteiger partial charge on any atom is 0.407 e. The Kier molecular flexibility index (Phi) is 5.47. The minimum atomic E-state index is -0.546. The molecule has 0 saturated carbocycles. The van der Waals surface area contributed by atoms with Crippen LogP contribution in [0.4, 0.5) is 10.6 Å². The molecule has 0 spiro atoms. The van der Waals surface area contributed by atoms with Gasteiger partial charge in [-0.25, -0.2) is 4.79 Å². The van der Waals surface area contributed by atoms with Crippen LogP contribution in [-0.2, 0) is 17.9 Å². The molecule has 0 fully saturated rings. The van der Waals surface area contributed by atoms with Gasteiger partial charge in [0.05, 0.1) is 23.9 Å². The van der Waals surface area contributed by atoms with Gasteiger partial charge in [0.2, 0.25) is 0 Å². The molecule has 2 rings (SSSR count). The van der Waals surface area contributed by atoms with Crippen LogP contribution < -0.4 is 5.32 Å². The SMILES string of the molecule is O=C(NCCCn1ccc([N+](=O)[O-])n1)OCc1ccccc1. The molecule has 1 N–H and O–H groups in total. The molecule has 22 heavy (non-hydrogen) atoms. The van der Waals surface area contributed by atoms with E-state index in [9.17, 15) is 14.9 Å². The maximum absolute atomic E-state index is 11.5. The molecule has 0 aliphatic heterocycles. The van der Waals surface area contributed by atoms with Gasteiger partial charge in [0, 0.05) is 6.54 Å². The van der Waals surface area contributed by atoms with E-state index >= 15 is 0 Å². The van der Waals surface area contributed by atoms with Crippen LogP contribution in [-0.4, -0.2) is 27.3 Å². The Morgan fingerprint density at radius 2 is 2.09 bits per heavy atom. The van der Waals surface area contributed by atoms with Gasteiger partial charge in [-0.1, -0.05) is 30.3 Å². The smallest absolute Gasteiger partial charge is 0.407 e. The number of nitro groups is 1. The van der Waals surface area contributed by atoms with Crippen LogP contribution in [0, 0.1) is 10.1 Å². The first-order chi connectivity index (χ1) is 10.6. The Labute approximate surface area is 126 Å². The average molecular weight is 304 g/mol. The Balaban J connectivity index is 1.61. The molecule has 1 heterocycles. The highest BCUT2D eigenvalue weighted by molar-refractivity contribution is 5.67. The standard InChI is InChI=1S/C14H16N4O4/c19-14(22-11-12-5-2-1-3-6-12)15-8-4-9-17-10-7-13(16-17)18(20)21/h1-3,5-7,10H,4,8-9,11H2,(H,15,19). The second-order valence-corrected chi connectivity index (χ2v) is 4.54. The summed E-state index contributed by atoms with van der Waals surface area (Å²) in [5.41, 5.74) is 0.918. The molecule has 0 bridgehead atoms. The van der Waals surface area contributed by atoms with Gasteiger partial charge in [-0.2, -0.15) is 4.68 Å². The summed E-state index contributed by atoms with van der Waals surface area (Å²) >= 11 is 0. The summed E-state index contributed by atoms with van der Waals surface area (Å²) in [6, 6.07) is 10.7. The topological polar surface area (TPSA) is 99.3 Å². The predicted octanol–water partition coefficient (Wildman–Crippen LogP) is 2.11. The zero-order valence-electron chi connectivity index (χ0n) is 11.8. The van der Waals surface area contributed by atoms with Gasteiger partial charge in [-0.05, 0) is 16.9 Å². The minimum absolute atomic E-state index is 0.185. The van der Waals surface area contributed by atoms with Crippen molar-refractivity contribution in [2.24, 2.45) is 0 Å². The molecule has 1 amide bonds. The number of carbonyl (C=O) groups is 1. The normalized spacial score (nSPS) is 10.2. The van der Waals surface area contributed by atoms with Crippen molar-refractivity contribution < 1.29 is 14.5 Å². The predicted molar refractivity (Wildman–Crippen MR) is 78.1 cm³/mol. The van der Waals surface area contributed by atoms with Gasteiger partial charge < -0.3 is 20.2 Å². The number of alkyl carbamates (subject to hydrolysis) is 1. The van der Waals surface area contributed by atoms with Crippen molar-refractivity contribution >= 4 is 11.9 Å². The van der Waals surface area contributed by atoms with Crippen molar-refractivity contribution in [2.75, 3.05) is 6.54 Å². The number of hydrogen-bond acceptors (Lipinski definition) is 5. The molecule has 116 valence electrons. The summed E-state index contributed by atoms with van der Waals surface area (Å²) in [4.78, 5) is 21.4. The van der Waals surface area contributed by atoms with E-state index in [1.165, 1.54) is 16.9 Å². The van der Waals surface area contributed by atoms with E-state index in [2.05, 4.69) is 10.4 Å². The van der Waals surface area contributed by atoms with Crippen LogP contribution in [0.25, 0.3) is 0 Å². The van der Waals surface area contributed by atoms with E-state index in [1.807, 2.05) is 30.3 Å². The van der Waals surface area contributed by atoms with Crippen LogP contribution in [0.5, 0.6) is 0 Å². The van der Waals surface area contributed by atoms with E-state index in [0.29, 0.717) is 19.5 Å². The van der Waals surface area contributed by atoms with E-state index in [-0.39, 0.29) is 12.4 Å². The van der Waals surface area contributed by atoms with E-state index in [4.69, 9.17) is 4.74 Å². The molecular formula is C14H16N4O4. The quantitative estimate of drug-likeness (QED) is 0.480. The molecule has 8 nitrogen and oxygen atoms in total. The fourth-order valence-electron chi connectivity index (χ4n) is 1.78. The first-order valence-corrected chi connectivity index (χ1v) is 6.77. The number of aryl methyl sites for hydroxylation is 1. The van der Waals surface area contributed by atoms with Crippen molar-refractivity contribution in [1.82, 2.24) is 15.1 Å². The van der Waals surface area contributed by atoms with Crippen molar-refractivity contribution in [3.63, 3.8) is 0 Å². The Hall–Kier alpha value is -2.90. The molecule has 0 unspecified atom stereocenters. The van der Waals surface area contributed by atoms with Crippen LogP contribution >= 0.6 is 0 Å². The highest BCUT2D eigenvalue weighted by atomic mass is 16.6. The van der Waals surface area contributed by atoms with Crippen molar-refractivity contribution in [2.45, 2.75) is 19.6 Å². The molecule has 8 heteroatoms. The number of nitrogens with one attached hydrogen (secondary N) is 1. The largest absolute Gasteiger partial charge is 0.445 e. The zero-order valence-corrected chi connectivity index (χ0v) is 11.8. The van der Waals surface area contributed by atoms with Crippen molar-refractivity contribution in [1.29, 1.82) is 0 Å². The second-order valence-electron chi connectivity index (χ2n) is 4.54. The molecule has 0 radical (unpaired) electrons. The highest BCUT2D eigenvalue weighted by Gasteiger charge is 2.10. The number of aromatic nitrogens is 2. The summed E-state index contributed by atoms with van der Waals surface area (Å²) in [5, 5.41) is 16.9. The third-order valence-corrected chi connectivity index (χ3v) is 2.86. The lowest BCUT2D eigenvalue weighted by Gasteiger charge is -2.06. The molecule has 2 aromatic rings. The number of rotatable bonds is 7. The first-order valence-electron chi connectivity index (χ1n) is 6.77. The van der Waals surface area contributed by atoms with Gasteiger partial charge >= 0.3 is 11.9 Å². The number of nitrogens with zero attached hydrogens (tertiary/aromatic N) is 3. The number of hydrogen-bond donors (Lipinski definition) is 1. The van der Waals surface area contributed by atoms with Crippen molar-refractivity contribution in [3.05, 3.63) is 58.3 Å². The Morgan fingerprint density at radius 1 is 1.32 bits per heavy atom. The Bertz CT molecular complexity index is 627. The summed E-state index contributed by atoms with van der Waals surface area (Å²) in [6.07, 6.45) is 1.64. The van der Waals surface area contributed by atoms with Crippen LogP contribution in [0.15, 0.2) is 42.6 Å². The van der Waals surface area contributed by atoms with Crippen molar-refractivity contribution in [3.8, 4) is 0 Å². The van der Waals surface area contributed by atoms with E-state index < -0.39 is 11.0 Å². The van der Waals surface area contributed by atoms with Gasteiger partial charge in [0.1, 0.15) is 6.61 Å². The molecule has 1 aromatic carbocycles. The first kappa shape index (κ1) is 15.5. The van der Waals surface area contributed by atoms with E-state index in [1.54, 1.807) is 0 Å². The van der Waals surface area contributed by atoms with Gasteiger partial charge in [-0.15, -0.1) is 0 Å². The fraction of sp³-hybridized carbons (Fsp3) is 0.286. The van der Waals surface area contributed by atoms with Gasteiger partial charge in [-0.3, -0.25) is 0 Å². The number of ether oxygens (including phenoxy) is 1. The van der Waals surface area contributed by atoms with Crippen LogP contribution in [0.2, 0.25) is 0 Å². The molecule has 0 aliphatic carbocycles. The molecular weight excluding hydrogens is 288 g/mol. The lowest BCUT2D eigenvalue weighted by atomic mass is 10.2. The molecule has 0 saturated heterocycles. The summed E-state index contributed by atoms with van der Waals surface area (Å²) in [5.74, 6) is -0.185. The number of amides is 1. The average Bonchev–Trinajstić information content (AvgIpc) is 3.00. The molecule has 0 aliphatic rings. The van der Waals surface area contributed by atoms with Gasteiger partial charge in [0.25, 0.3) is 0 Å². The molecule has 0 atom stereocenters. The van der Waals surface area contributed by atoms with Gasteiger partial charge in [0.15, 0.2) is 0 Å². The minimum Gasteiger partial charge on any atom is -0.445 e. The van der Waals surface area contributed by atoms with E-state index in [0.717, 1.165) is 5.56 Å². The lowest BCUT2D eigenvalue weighted by molar-refractivity contribution is -0.389. The van der Waals surface area contributed by atoms with Crippen LogP contribution in [0.3, 0.4) is 0 Å². The molecule has 1 aromatic heterocycles. The Morgan fingerprint density at radius 3 is 2.77 bits per heavy atom. The number of benzene rings is 1. The lowest BCUT2D eigenvalue weighted by Crippen LogP contribution is -2.26. The second kappa shape index (κ2) is 7.77. The third kappa shape index (κ3) is 4.89. The van der Waals surface area contributed by atoms with Crippen LogP contribution in [0.1, 0.15) is 12.0 Å². The highest BCUT2D eigenvalue weighted by Crippen LogP contribution is 2.05. The summed E-state index contributed by atoms with van der Waals surface area (Å²) < 4.78 is 6.52. The summed E-state index contributed by atoms with van der Waals surface area (Å²) in [7, 11) is 0. The third-order valence-electron chi connectivity index (χ3n) is 2.86. The summed E-state index contributed by atoms with van der Waals surface area (Å²) in [6.45, 7) is 1.10. The maximum atomic E-state index is 11.5. The zero-order chi connectivity index (χ0) is 15.8. The monoisotopic (exact) mass is 304 g/mol. The fourth-order valence-corrected chi connectivity index (χ4v) is 1.78. The number of carbonyl (C=O) groups excluding carboxylic acids is 1.